The summed E-state index contributed by atoms with van der Waals surface area (Å²) in [5, 5.41) is 0. The molecule has 0 atom stereocenters. The number of hydrogen-bond acceptors (Lipinski definition) is 7. The molecule has 0 fully saturated rings. The van der Waals surface area contributed by atoms with Crippen LogP contribution in [0.25, 0.3) is 0 Å². The van der Waals surface area contributed by atoms with Crippen LogP contribution in [0.3, 0.4) is 0 Å². The molecule has 2 aromatic carbocycles. The molecule has 9 heteroatoms. The number of benzene rings is 2. The Morgan fingerprint density at radius 2 is 1.56 bits per heavy atom. The van der Waals surface area contributed by atoms with E-state index in [0.29, 0.717) is 17.2 Å². The summed E-state index contributed by atoms with van der Waals surface area (Å²) in [6, 6.07) is 13.4. The number of nitrogens with zero attached hydrogens (tertiary/aromatic N) is 2. The highest BCUT2D eigenvalue weighted by atomic mass is 32.2. The highest BCUT2D eigenvalue weighted by Gasteiger charge is 2.17. The molecule has 8 nitrogen and oxygen atoms in total. The molecule has 1 N–H and O–H groups in total. The number of nitrogens with one attached hydrogen (secondary N) is 1. The summed E-state index contributed by atoms with van der Waals surface area (Å²) < 4.78 is 43.2. The number of rotatable bonds is 7. The maximum Gasteiger partial charge on any atom is 0.322 e. The molecule has 27 heavy (non-hydrogen) atoms. The van der Waals surface area contributed by atoms with Crippen LogP contribution in [-0.2, 0) is 10.0 Å². The molecule has 0 aliphatic heterocycles. The van der Waals surface area contributed by atoms with Gasteiger partial charge in [-0.05, 0) is 24.3 Å². The number of sulfonamides is 1. The topological polar surface area (TPSA) is 99.6 Å². The molecule has 3 rings (SSSR count). The fraction of sp³-hybridized carbons (Fsp3) is 0.111. The van der Waals surface area contributed by atoms with Crippen LogP contribution in [0.4, 0.5) is 5.69 Å². The average Bonchev–Trinajstić information content (AvgIpc) is 2.69. The predicted octanol–water partition coefficient (Wildman–Crippen LogP) is 3.09. The quantitative estimate of drug-likeness (QED) is 0.665. The highest BCUT2D eigenvalue weighted by Crippen LogP contribution is 2.30. The van der Waals surface area contributed by atoms with E-state index < -0.39 is 10.0 Å². The third kappa shape index (κ3) is 4.45. The third-order valence-corrected chi connectivity index (χ3v) is 4.88. The Morgan fingerprint density at radius 1 is 0.889 bits per heavy atom. The minimum atomic E-state index is -3.85. The summed E-state index contributed by atoms with van der Waals surface area (Å²) in [5.41, 5.74) is 0.199. The van der Waals surface area contributed by atoms with E-state index in [4.69, 9.17) is 14.2 Å². The summed E-state index contributed by atoms with van der Waals surface area (Å²) in [6.07, 6.45) is 2.65. The van der Waals surface area contributed by atoms with Gasteiger partial charge in [0.2, 0.25) is 0 Å². The summed E-state index contributed by atoms with van der Waals surface area (Å²) >= 11 is 0. The molecule has 1 heterocycles. The molecule has 0 unspecified atom stereocenters. The van der Waals surface area contributed by atoms with Gasteiger partial charge in [0.25, 0.3) is 10.0 Å². The molecule has 0 spiro atoms. The second kappa shape index (κ2) is 7.92. The maximum atomic E-state index is 12.6. The smallest absolute Gasteiger partial charge is 0.322 e. The van der Waals surface area contributed by atoms with Gasteiger partial charge in [-0.1, -0.05) is 18.2 Å². The number of methoxy groups -OCH3 is 2. The van der Waals surface area contributed by atoms with Crippen molar-refractivity contribution in [3.63, 3.8) is 0 Å². The number of para-hydroxylation sites is 1. The van der Waals surface area contributed by atoms with Crippen molar-refractivity contribution in [2.45, 2.75) is 4.90 Å². The fourth-order valence-electron chi connectivity index (χ4n) is 2.21. The van der Waals surface area contributed by atoms with Crippen molar-refractivity contribution in [2.24, 2.45) is 0 Å². The number of anilines is 1. The first-order valence-corrected chi connectivity index (χ1v) is 9.30. The molecule has 0 aliphatic carbocycles. The Hall–Kier alpha value is -3.33. The molecule has 0 amide bonds. The van der Waals surface area contributed by atoms with Crippen molar-refractivity contribution in [2.75, 3.05) is 18.9 Å². The van der Waals surface area contributed by atoms with E-state index in [9.17, 15) is 8.42 Å². The second-order valence-corrected chi connectivity index (χ2v) is 6.97. The van der Waals surface area contributed by atoms with Gasteiger partial charge in [-0.2, -0.15) is 0 Å². The molecule has 0 radical (unpaired) electrons. The molecule has 0 bridgehead atoms. The van der Waals surface area contributed by atoms with Gasteiger partial charge in [-0.15, -0.1) is 0 Å². The average molecular weight is 387 g/mol. The van der Waals surface area contributed by atoms with Crippen molar-refractivity contribution in [1.29, 1.82) is 0 Å². The number of hydrogen-bond donors (Lipinski definition) is 1. The molecular weight excluding hydrogens is 370 g/mol. The first kappa shape index (κ1) is 18.5. The van der Waals surface area contributed by atoms with Gasteiger partial charge < -0.3 is 14.2 Å². The van der Waals surface area contributed by atoms with E-state index in [1.165, 1.54) is 44.8 Å². The molecule has 0 saturated carbocycles. The highest BCUT2D eigenvalue weighted by molar-refractivity contribution is 7.92. The summed E-state index contributed by atoms with van der Waals surface area (Å²) in [7, 11) is -0.945. The van der Waals surface area contributed by atoms with E-state index in [1.807, 2.05) is 18.2 Å². The van der Waals surface area contributed by atoms with Gasteiger partial charge in [0.05, 0.1) is 37.2 Å². The Balaban J connectivity index is 1.76. The van der Waals surface area contributed by atoms with Crippen LogP contribution < -0.4 is 18.9 Å². The van der Waals surface area contributed by atoms with Gasteiger partial charge in [0.1, 0.15) is 5.75 Å². The molecule has 1 aromatic heterocycles. The Bertz CT molecular complexity index is 1010. The SMILES string of the molecule is COc1ccc(S(=O)(=O)Nc2cnc(Oc3ccccc3)nc2)cc1OC. The van der Waals surface area contributed by atoms with Crippen molar-refractivity contribution in [3.8, 4) is 23.3 Å². The van der Waals surface area contributed by atoms with Crippen LogP contribution >= 0.6 is 0 Å². The summed E-state index contributed by atoms with van der Waals surface area (Å²) in [4.78, 5) is 8.03. The van der Waals surface area contributed by atoms with Crippen LogP contribution in [-0.4, -0.2) is 32.6 Å². The first-order chi connectivity index (χ1) is 13.0. The van der Waals surface area contributed by atoms with Crippen molar-refractivity contribution < 1.29 is 22.6 Å². The summed E-state index contributed by atoms with van der Waals surface area (Å²) in [5.74, 6) is 1.32. The van der Waals surface area contributed by atoms with Crippen molar-refractivity contribution in [3.05, 3.63) is 60.9 Å². The Morgan fingerprint density at radius 3 is 2.19 bits per heavy atom. The predicted molar refractivity (Wildman–Crippen MR) is 98.9 cm³/mol. The first-order valence-electron chi connectivity index (χ1n) is 7.81. The van der Waals surface area contributed by atoms with Gasteiger partial charge in [0, 0.05) is 6.07 Å². The van der Waals surface area contributed by atoms with Crippen LogP contribution in [0, 0.1) is 0 Å². The van der Waals surface area contributed by atoms with Gasteiger partial charge in [-0.3, -0.25) is 4.72 Å². The second-order valence-electron chi connectivity index (χ2n) is 5.29. The standard InChI is InChI=1S/C18H17N3O5S/c1-24-16-9-8-15(10-17(16)25-2)27(22,23)21-13-11-19-18(20-12-13)26-14-6-4-3-5-7-14/h3-12,21H,1-2H3. The van der Waals surface area contributed by atoms with Crippen molar-refractivity contribution >= 4 is 15.7 Å². The van der Waals surface area contributed by atoms with Crippen LogP contribution in [0.15, 0.2) is 65.8 Å². The lowest BCUT2D eigenvalue weighted by Gasteiger charge is -2.11. The van der Waals surface area contributed by atoms with E-state index in [0.717, 1.165) is 0 Å². The minimum Gasteiger partial charge on any atom is -0.493 e. The Kier molecular flexibility index (Phi) is 5.41. The molecule has 0 aliphatic rings. The zero-order valence-electron chi connectivity index (χ0n) is 14.6. The van der Waals surface area contributed by atoms with Gasteiger partial charge >= 0.3 is 6.01 Å². The largest absolute Gasteiger partial charge is 0.493 e. The monoisotopic (exact) mass is 387 g/mol. The fourth-order valence-corrected chi connectivity index (χ4v) is 3.26. The summed E-state index contributed by atoms with van der Waals surface area (Å²) in [6.45, 7) is 0. The van der Waals surface area contributed by atoms with E-state index in [2.05, 4.69) is 14.7 Å². The normalized spacial score (nSPS) is 10.9. The van der Waals surface area contributed by atoms with Gasteiger partial charge in [0.15, 0.2) is 11.5 Å². The molecule has 140 valence electrons. The van der Waals surface area contributed by atoms with E-state index >= 15 is 0 Å². The molecular formula is C18H17N3O5S. The zero-order chi connectivity index (χ0) is 19.3. The van der Waals surface area contributed by atoms with Crippen LogP contribution in [0.5, 0.6) is 23.3 Å². The third-order valence-electron chi connectivity index (χ3n) is 3.50. The molecule has 0 saturated heterocycles. The Labute approximate surface area is 156 Å². The van der Waals surface area contributed by atoms with E-state index in [-0.39, 0.29) is 16.6 Å². The molecule has 3 aromatic rings. The van der Waals surface area contributed by atoms with Gasteiger partial charge in [-0.25, -0.2) is 18.4 Å². The van der Waals surface area contributed by atoms with Crippen LogP contribution in [0.2, 0.25) is 0 Å². The number of aromatic nitrogens is 2. The lowest BCUT2D eigenvalue weighted by Crippen LogP contribution is -2.13. The number of ether oxygens (including phenoxy) is 3. The maximum absolute atomic E-state index is 12.6. The zero-order valence-corrected chi connectivity index (χ0v) is 15.4. The minimum absolute atomic E-state index is 0.0183. The van der Waals surface area contributed by atoms with Crippen LogP contribution in [0.1, 0.15) is 0 Å². The van der Waals surface area contributed by atoms with Crippen molar-refractivity contribution in [1.82, 2.24) is 9.97 Å². The van der Waals surface area contributed by atoms with E-state index in [1.54, 1.807) is 12.1 Å². The lowest BCUT2D eigenvalue weighted by atomic mass is 10.3. The lowest BCUT2D eigenvalue weighted by molar-refractivity contribution is 0.354.